The zero-order chi connectivity index (χ0) is 22.6. The molecule has 1 aromatic carbocycles. The van der Waals surface area contributed by atoms with E-state index in [9.17, 15) is 13.6 Å². The molecule has 0 spiro atoms. The van der Waals surface area contributed by atoms with Crippen molar-refractivity contribution in [3.8, 4) is 11.3 Å². The number of methoxy groups -OCH3 is 1. The molecule has 168 valence electrons. The summed E-state index contributed by atoms with van der Waals surface area (Å²) < 4.78 is 33.7. The summed E-state index contributed by atoms with van der Waals surface area (Å²) in [5, 5.41) is 7.80. The van der Waals surface area contributed by atoms with E-state index < -0.39 is 11.9 Å². The number of esters is 1. The van der Waals surface area contributed by atoms with Crippen LogP contribution in [0.5, 0.6) is 0 Å². The van der Waals surface area contributed by atoms with E-state index in [-0.39, 0.29) is 12.8 Å². The molecule has 0 bridgehead atoms. The molecule has 2 aromatic heterocycles. The smallest absolute Gasteiger partial charge is 0.340 e. The van der Waals surface area contributed by atoms with E-state index >= 15 is 0 Å². The molecule has 1 fully saturated rings. The number of alkyl halides is 2. The van der Waals surface area contributed by atoms with Gasteiger partial charge in [-0.05, 0) is 6.07 Å². The van der Waals surface area contributed by atoms with Gasteiger partial charge in [-0.1, -0.05) is 30.3 Å². The maximum atomic E-state index is 13.5. The highest BCUT2D eigenvalue weighted by Crippen LogP contribution is 2.32. The highest BCUT2D eigenvalue weighted by molar-refractivity contribution is 5.96. The van der Waals surface area contributed by atoms with Gasteiger partial charge in [-0.3, -0.25) is 9.67 Å². The van der Waals surface area contributed by atoms with E-state index in [1.54, 1.807) is 18.5 Å². The summed E-state index contributed by atoms with van der Waals surface area (Å²) >= 11 is 0. The number of ether oxygens (including phenoxy) is 1. The molecule has 4 rings (SSSR count). The number of halogens is 2. The molecule has 3 aromatic rings. The van der Waals surface area contributed by atoms with Crippen LogP contribution < -0.4 is 5.32 Å². The average molecular weight is 441 g/mol. The number of aromatic nitrogens is 3. The largest absolute Gasteiger partial charge is 0.465 e. The van der Waals surface area contributed by atoms with E-state index in [2.05, 4.69) is 15.4 Å². The Bertz CT molecular complexity index is 1060. The molecule has 1 aliphatic rings. The minimum atomic E-state index is -2.56. The number of hydrogen-bond acceptors (Lipinski definition) is 6. The number of hydrogen-bond donors (Lipinski definition) is 1. The highest BCUT2D eigenvalue weighted by Gasteiger charge is 2.33. The Morgan fingerprint density at radius 3 is 2.56 bits per heavy atom. The highest BCUT2D eigenvalue weighted by atomic mass is 19.3. The molecule has 32 heavy (non-hydrogen) atoms. The van der Waals surface area contributed by atoms with Crippen LogP contribution in [0.4, 0.5) is 20.2 Å². The SMILES string of the molecule is COC(=O)c1ccncc1Nc1cnn(CCN2CCC(F)(F)CC2)c1-c1ccccc1. The van der Waals surface area contributed by atoms with Crippen LogP contribution >= 0.6 is 0 Å². The second-order valence-electron chi connectivity index (χ2n) is 7.73. The number of rotatable bonds is 7. The topological polar surface area (TPSA) is 72.3 Å². The van der Waals surface area contributed by atoms with Gasteiger partial charge in [0.15, 0.2) is 0 Å². The average Bonchev–Trinajstić information content (AvgIpc) is 3.21. The van der Waals surface area contributed by atoms with E-state index in [0.29, 0.717) is 43.1 Å². The van der Waals surface area contributed by atoms with E-state index in [1.807, 2.05) is 39.9 Å². The van der Waals surface area contributed by atoms with E-state index in [0.717, 1.165) is 11.3 Å². The number of carbonyl (C=O) groups excluding carboxylic acids is 1. The quantitative estimate of drug-likeness (QED) is 0.554. The fraction of sp³-hybridized carbons (Fsp3) is 0.348. The molecule has 1 N–H and O–H groups in total. The Labute approximate surface area is 185 Å². The Kier molecular flexibility index (Phi) is 6.45. The van der Waals surface area contributed by atoms with Gasteiger partial charge in [0.05, 0.1) is 48.7 Å². The first-order chi connectivity index (χ1) is 15.5. The van der Waals surface area contributed by atoms with Gasteiger partial charge in [0.25, 0.3) is 5.92 Å². The number of likely N-dealkylation sites (tertiary alicyclic amines) is 1. The lowest BCUT2D eigenvalue weighted by molar-refractivity contribution is -0.0555. The Morgan fingerprint density at radius 1 is 1.09 bits per heavy atom. The van der Waals surface area contributed by atoms with Gasteiger partial charge in [0, 0.05) is 44.2 Å². The first-order valence-corrected chi connectivity index (χ1v) is 10.5. The molecule has 0 aliphatic carbocycles. The fourth-order valence-electron chi connectivity index (χ4n) is 3.81. The predicted molar refractivity (Wildman–Crippen MR) is 117 cm³/mol. The van der Waals surface area contributed by atoms with E-state index in [4.69, 9.17) is 4.74 Å². The Hall–Kier alpha value is -3.33. The van der Waals surface area contributed by atoms with Crippen LogP contribution in [0.1, 0.15) is 23.2 Å². The van der Waals surface area contributed by atoms with Crippen LogP contribution in [-0.4, -0.2) is 58.3 Å². The van der Waals surface area contributed by atoms with Crippen molar-refractivity contribution < 1.29 is 18.3 Å². The Morgan fingerprint density at radius 2 is 1.84 bits per heavy atom. The van der Waals surface area contributed by atoms with Crippen molar-refractivity contribution in [1.29, 1.82) is 0 Å². The summed E-state index contributed by atoms with van der Waals surface area (Å²) in [5.41, 5.74) is 3.37. The molecule has 0 amide bonds. The van der Waals surface area contributed by atoms with Gasteiger partial charge in [-0.15, -0.1) is 0 Å². The van der Waals surface area contributed by atoms with Crippen molar-refractivity contribution >= 4 is 17.3 Å². The lowest BCUT2D eigenvalue weighted by atomic mass is 10.1. The summed E-state index contributed by atoms with van der Waals surface area (Å²) in [6.45, 7) is 1.92. The van der Waals surface area contributed by atoms with Crippen molar-refractivity contribution in [3.63, 3.8) is 0 Å². The van der Waals surface area contributed by atoms with Gasteiger partial charge in [0.2, 0.25) is 0 Å². The van der Waals surface area contributed by atoms with Crippen LogP contribution in [0.2, 0.25) is 0 Å². The predicted octanol–water partition coefficient (Wildman–Crippen LogP) is 4.21. The molecule has 1 aliphatic heterocycles. The number of anilines is 2. The minimum absolute atomic E-state index is 0.109. The molecular formula is C23H25F2N5O2. The van der Waals surface area contributed by atoms with Crippen molar-refractivity contribution in [2.75, 3.05) is 32.1 Å². The maximum Gasteiger partial charge on any atom is 0.340 e. The summed E-state index contributed by atoms with van der Waals surface area (Å²) in [5.74, 6) is -3.03. The molecule has 7 nitrogen and oxygen atoms in total. The third-order valence-electron chi connectivity index (χ3n) is 5.60. The van der Waals surface area contributed by atoms with Gasteiger partial charge in [-0.2, -0.15) is 5.10 Å². The molecule has 9 heteroatoms. The van der Waals surface area contributed by atoms with Gasteiger partial charge < -0.3 is 15.0 Å². The number of piperidine rings is 1. The van der Waals surface area contributed by atoms with E-state index in [1.165, 1.54) is 13.3 Å². The molecule has 3 heterocycles. The third kappa shape index (κ3) is 4.94. The molecule has 0 saturated carbocycles. The van der Waals surface area contributed by atoms with Crippen LogP contribution in [-0.2, 0) is 11.3 Å². The summed E-state index contributed by atoms with van der Waals surface area (Å²) in [7, 11) is 1.33. The van der Waals surface area contributed by atoms with Crippen molar-refractivity contribution in [2.24, 2.45) is 0 Å². The van der Waals surface area contributed by atoms with Gasteiger partial charge in [-0.25, -0.2) is 13.6 Å². The number of nitrogens with one attached hydrogen (secondary N) is 1. The van der Waals surface area contributed by atoms with Crippen molar-refractivity contribution in [1.82, 2.24) is 19.7 Å². The zero-order valence-electron chi connectivity index (χ0n) is 17.8. The van der Waals surface area contributed by atoms with Crippen LogP contribution in [0.3, 0.4) is 0 Å². The second kappa shape index (κ2) is 9.44. The first-order valence-electron chi connectivity index (χ1n) is 10.5. The van der Waals surface area contributed by atoms with Crippen LogP contribution in [0.15, 0.2) is 55.0 Å². The van der Waals surface area contributed by atoms with Crippen molar-refractivity contribution in [3.05, 3.63) is 60.6 Å². The van der Waals surface area contributed by atoms with Gasteiger partial charge >= 0.3 is 5.97 Å². The molecule has 1 saturated heterocycles. The molecule has 0 atom stereocenters. The third-order valence-corrected chi connectivity index (χ3v) is 5.60. The maximum absolute atomic E-state index is 13.5. The van der Waals surface area contributed by atoms with Gasteiger partial charge in [0.1, 0.15) is 0 Å². The number of nitrogens with zero attached hydrogens (tertiary/aromatic N) is 4. The second-order valence-corrected chi connectivity index (χ2v) is 7.73. The summed E-state index contributed by atoms with van der Waals surface area (Å²) in [4.78, 5) is 18.3. The molecule has 0 radical (unpaired) electrons. The molecule has 0 unspecified atom stereocenters. The fourth-order valence-corrected chi connectivity index (χ4v) is 3.81. The van der Waals surface area contributed by atoms with Crippen LogP contribution in [0.25, 0.3) is 11.3 Å². The lowest BCUT2D eigenvalue weighted by Crippen LogP contribution is -2.40. The monoisotopic (exact) mass is 441 g/mol. The number of pyridine rings is 1. The van der Waals surface area contributed by atoms with Crippen molar-refractivity contribution in [2.45, 2.75) is 25.3 Å². The minimum Gasteiger partial charge on any atom is -0.465 e. The number of carbonyl (C=O) groups is 1. The normalized spacial score (nSPS) is 16.0. The summed E-state index contributed by atoms with van der Waals surface area (Å²) in [6, 6.07) is 11.4. The zero-order valence-corrected chi connectivity index (χ0v) is 17.8. The first kappa shape index (κ1) is 21.9. The lowest BCUT2D eigenvalue weighted by Gasteiger charge is -2.31. The number of benzene rings is 1. The standard InChI is InChI=1S/C23H25F2N5O2/c1-32-22(31)18-7-10-26-15-19(18)28-20-16-27-30(21(20)17-5-3-2-4-6-17)14-13-29-11-8-23(24,25)9-12-29/h2-7,10,15-16,28H,8-9,11-14H2,1H3. The molecular weight excluding hydrogens is 416 g/mol. The van der Waals surface area contributed by atoms with Crippen LogP contribution in [0, 0.1) is 0 Å². The summed E-state index contributed by atoms with van der Waals surface area (Å²) in [6.07, 6.45) is 4.57. The Balaban J connectivity index is 1.59.